The number of aromatic nitrogens is 4. The Kier molecular flexibility index (Phi) is 4.55. The van der Waals surface area contributed by atoms with Gasteiger partial charge in [0.15, 0.2) is 5.82 Å². The van der Waals surface area contributed by atoms with Gasteiger partial charge in [0.25, 0.3) is 0 Å². The lowest BCUT2D eigenvalue weighted by molar-refractivity contribution is 0.0213. The van der Waals surface area contributed by atoms with E-state index in [-0.39, 0.29) is 5.54 Å². The smallest absolute Gasteiger partial charge is 0.176 e. The maximum atomic E-state index is 6.04. The summed E-state index contributed by atoms with van der Waals surface area (Å²) in [7, 11) is 0. The minimum absolute atomic E-state index is 0.0121. The predicted molar refractivity (Wildman–Crippen MR) is 94.4 cm³/mol. The second-order valence-electron chi connectivity index (χ2n) is 7.03. The second kappa shape index (κ2) is 6.81. The van der Waals surface area contributed by atoms with Crippen LogP contribution in [0.2, 0.25) is 5.02 Å². The summed E-state index contributed by atoms with van der Waals surface area (Å²) in [4.78, 5) is 2.66. The molecule has 4 rings (SSSR count). The van der Waals surface area contributed by atoms with E-state index in [0.29, 0.717) is 0 Å². The molecule has 24 heavy (non-hydrogen) atoms. The van der Waals surface area contributed by atoms with Crippen molar-refractivity contribution in [2.24, 2.45) is 0 Å². The summed E-state index contributed by atoms with van der Waals surface area (Å²) in [5.74, 6) is 1.01. The lowest BCUT2D eigenvalue weighted by atomic mass is 9.78. The van der Waals surface area contributed by atoms with Crippen LogP contribution in [0.15, 0.2) is 24.3 Å². The van der Waals surface area contributed by atoms with E-state index in [0.717, 1.165) is 42.5 Å². The van der Waals surface area contributed by atoms with E-state index in [1.165, 1.54) is 38.5 Å². The molecule has 1 saturated carbocycles. The predicted octanol–water partition coefficient (Wildman–Crippen LogP) is 3.96. The van der Waals surface area contributed by atoms with Crippen molar-refractivity contribution in [3.63, 3.8) is 0 Å². The zero-order chi connectivity index (χ0) is 16.4. The fourth-order valence-electron chi connectivity index (χ4n) is 4.37. The molecule has 0 amide bonds. The molecule has 1 aliphatic heterocycles. The molecule has 1 aromatic heterocycles. The van der Waals surface area contributed by atoms with Crippen molar-refractivity contribution in [3.8, 4) is 5.69 Å². The molecule has 6 heteroatoms. The Morgan fingerprint density at radius 3 is 2.25 bits per heavy atom. The van der Waals surface area contributed by atoms with E-state index in [4.69, 9.17) is 11.6 Å². The SMILES string of the molecule is Clc1ccc(-n2nnnc2C2(N3CCCCC3)CCCCC2)cc1. The number of hydrogen-bond acceptors (Lipinski definition) is 4. The Bertz CT molecular complexity index is 669. The van der Waals surface area contributed by atoms with Crippen molar-refractivity contribution < 1.29 is 0 Å². The highest BCUT2D eigenvalue weighted by Gasteiger charge is 2.44. The van der Waals surface area contributed by atoms with Gasteiger partial charge in [-0.15, -0.1) is 5.10 Å². The molecule has 1 aromatic carbocycles. The molecule has 1 aliphatic carbocycles. The third kappa shape index (κ3) is 2.84. The van der Waals surface area contributed by atoms with E-state index in [2.05, 4.69) is 20.4 Å². The first-order valence-electron chi connectivity index (χ1n) is 9.09. The van der Waals surface area contributed by atoms with Gasteiger partial charge in [0, 0.05) is 5.02 Å². The molecule has 0 radical (unpaired) electrons. The fourth-order valence-corrected chi connectivity index (χ4v) is 4.50. The molecule has 0 spiro atoms. The second-order valence-corrected chi connectivity index (χ2v) is 7.47. The van der Waals surface area contributed by atoms with Crippen LogP contribution in [0, 0.1) is 0 Å². The van der Waals surface area contributed by atoms with E-state index in [1.54, 1.807) is 0 Å². The van der Waals surface area contributed by atoms with Gasteiger partial charge in [0.1, 0.15) is 0 Å². The van der Waals surface area contributed by atoms with Crippen molar-refractivity contribution >= 4 is 11.6 Å². The maximum absolute atomic E-state index is 6.04. The number of likely N-dealkylation sites (tertiary alicyclic amines) is 1. The minimum Gasteiger partial charge on any atom is -0.291 e. The number of benzene rings is 1. The first-order valence-corrected chi connectivity index (χ1v) is 9.47. The van der Waals surface area contributed by atoms with E-state index >= 15 is 0 Å². The molecular formula is C18H24ClN5. The Hall–Kier alpha value is -1.46. The van der Waals surface area contributed by atoms with Crippen LogP contribution in [0.1, 0.15) is 57.2 Å². The number of rotatable bonds is 3. The van der Waals surface area contributed by atoms with Crippen LogP contribution in [-0.2, 0) is 5.54 Å². The van der Waals surface area contributed by atoms with E-state index in [1.807, 2.05) is 28.9 Å². The highest BCUT2D eigenvalue weighted by Crippen LogP contribution is 2.43. The third-order valence-corrected chi connectivity index (χ3v) is 5.85. The highest BCUT2D eigenvalue weighted by atomic mass is 35.5. The number of tetrazole rings is 1. The van der Waals surface area contributed by atoms with Crippen molar-refractivity contribution in [1.29, 1.82) is 0 Å². The average Bonchev–Trinajstić information content (AvgIpc) is 3.14. The Morgan fingerprint density at radius 2 is 1.54 bits per heavy atom. The van der Waals surface area contributed by atoms with Gasteiger partial charge in [-0.2, -0.15) is 4.68 Å². The molecule has 2 fully saturated rings. The van der Waals surface area contributed by atoms with E-state index in [9.17, 15) is 0 Å². The van der Waals surface area contributed by atoms with Crippen LogP contribution in [0.25, 0.3) is 5.69 Å². The molecule has 0 bridgehead atoms. The van der Waals surface area contributed by atoms with Gasteiger partial charge >= 0.3 is 0 Å². The number of hydrogen-bond donors (Lipinski definition) is 0. The Labute approximate surface area is 148 Å². The van der Waals surface area contributed by atoms with Crippen LogP contribution in [0.4, 0.5) is 0 Å². The van der Waals surface area contributed by atoms with Gasteiger partial charge in [0.05, 0.1) is 11.2 Å². The monoisotopic (exact) mass is 345 g/mol. The van der Waals surface area contributed by atoms with Gasteiger partial charge in [0.2, 0.25) is 0 Å². The topological polar surface area (TPSA) is 46.8 Å². The summed E-state index contributed by atoms with van der Waals surface area (Å²) < 4.78 is 1.93. The molecule has 0 unspecified atom stereocenters. The number of nitrogens with zero attached hydrogens (tertiary/aromatic N) is 5. The van der Waals surface area contributed by atoms with Crippen LogP contribution < -0.4 is 0 Å². The summed E-state index contributed by atoms with van der Waals surface area (Å²) in [6, 6.07) is 7.79. The molecule has 2 heterocycles. The van der Waals surface area contributed by atoms with Crippen molar-refractivity contribution in [2.75, 3.05) is 13.1 Å². The minimum atomic E-state index is -0.0121. The van der Waals surface area contributed by atoms with Gasteiger partial charge in [-0.3, -0.25) is 4.90 Å². The van der Waals surface area contributed by atoms with Crippen LogP contribution in [0.5, 0.6) is 0 Å². The Morgan fingerprint density at radius 1 is 0.875 bits per heavy atom. The van der Waals surface area contributed by atoms with Crippen molar-refractivity contribution in [2.45, 2.75) is 56.9 Å². The standard InChI is InChI=1S/C18H24ClN5/c19-15-7-9-16(10-8-15)24-17(20-21-22-24)18(11-3-1-4-12-18)23-13-5-2-6-14-23/h7-10H,1-6,11-14H2. The molecule has 2 aromatic rings. The molecule has 2 aliphatic rings. The lowest BCUT2D eigenvalue weighted by Gasteiger charge is -2.47. The van der Waals surface area contributed by atoms with Crippen LogP contribution >= 0.6 is 11.6 Å². The maximum Gasteiger partial charge on any atom is 0.176 e. The highest BCUT2D eigenvalue weighted by molar-refractivity contribution is 6.30. The molecule has 5 nitrogen and oxygen atoms in total. The molecule has 0 atom stereocenters. The van der Waals surface area contributed by atoms with Gasteiger partial charge in [-0.05, 0) is 73.5 Å². The number of halogens is 1. The first-order chi connectivity index (χ1) is 11.8. The Balaban J connectivity index is 1.76. The van der Waals surface area contributed by atoms with Crippen LogP contribution in [-0.4, -0.2) is 38.2 Å². The van der Waals surface area contributed by atoms with Crippen molar-refractivity contribution in [1.82, 2.24) is 25.1 Å². The summed E-state index contributed by atoms with van der Waals surface area (Å²) in [5.41, 5.74) is 0.975. The summed E-state index contributed by atoms with van der Waals surface area (Å²) in [6.07, 6.45) is 10.0. The number of piperidine rings is 1. The van der Waals surface area contributed by atoms with Crippen molar-refractivity contribution in [3.05, 3.63) is 35.1 Å². The molecule has 1 saturated heterocycles. The largest absolute Gasteiger partial charge is 0.291 e. The van der Waals surface area contributed by atoms with Crippen LogP contribution in [0.3, 0.4) is 0 Å². The fraction of sp³-hybridized carbons (Fsp3) is 0.611. The first kappa shape index (κ1) is 16.0. The molecule has 128 valence electrons. The van der Waals surface area contributed by atoms with Gasteiger partial charge in [-0.25, -0.2) is 0 Å². The molecular weight excluding hydrogens is 322 g/mol. The quantitative estimate of drug-likeness (QED) is 0.844. The normalized spacial score (nSPS) is 21.7. The summed E-state index contributed by atoms with van der Waals surface area (Å²) in [5, 5.41) is 13.6. The average molecular weight is 346 g/mol. The lowest BCUT2D eigenvalue weighted by Crippen LogP contribution is -2.51. The summed E-state index contributed by atoms with van der Waals surface area (Å²) >= 11 is 6.04. The van der Waals surface area contributed by atoms with E-state index < -0.39 is 0 Å². The zero-order valence-corrected chi connectivity index (χ0v) is 14.8. The zero-order valence-electron chi connectivity index (χ0n) is 14.0. The van der Waals surface area contributed by atoms with Gasteiger partial charge < -0.3 is 0 Å². The third-order valence-electron chi connectivity index (χ3n) is 5.60. The summed E-state index contributed by atoms with van der Waals surface area (Å²) in [6.45, 7) is 2.32. The molecule has 0 N–H and O–H groups in total. The van der Waals surface area contributed by atoms with Gasteiger partial charge in [-0.1, -0.05) is 37.3 Å².